The fourth-order valence-corrected chi connectivity index (χ4v) is 3.12. The molecule has 122 valence electrons. The Morgan fingerprint density at radius 3 is 2.73 bits per heavy atom. The lowest BCUT2D eigenvalue weighted by molar-refractivity contribution is -0.148. The number of nitrogens with zero attached hydrogens (tertiary/aromatic N) is 3. The number of aliphatic hydroxyl groups excluding tert-OH is 1. The molecule has 2 heterocycles. The summed E-state index contributed by atoms with van der Waals surface area (Å²) in [4.78, 5) is 6.00. The first-order chi connectivity index (χ1) is 10.4. The number of rotatable bonds is 7. The molecule has 2 aromatic heterocycles. The van der Waals surface area contributed by atoms with Crippen LogP contribution in [0.1, 0.15) is 12.3 Å². The van der Waals surface area contributed by atoms with Crippen LogP contribution in [-0.4, -0.2) is 46.0 Å². The van der Waals surface area contributed by atoms with Crippen molar-refractivity contribution in [3.05, 3.63) is 21.8 Å². The maximum Gasteiger partial charge on any atom is 0.401 e. The fraction of sp³-hybridized carbons (Fsp3) is 0.500. The Kier molecular flexibility index (Phi) is 5.95. The topological polar surface area (TPSA) is 62.4 Å². The molecular weight excluding hydrogens is 387 g/mol. The number of aromatic nitrogens is 2. The molecule has 0 amide bonds. The summed E-state index contributed by atoms with van der Waals surface area (Å²) in [7, 11) is 0. The first-order valence-corrected chi connectivity index (χ1v) is 7.96. The molecule has 0 aliphatic rings. The van der Waals surface area contributed by atoms with Gasteiger partial charge in [-0.15, -0.1) is 11.3 Å². The molecule has 0 unspecified atom stereocenters. The number of halogens is 4. The Morgan fingerprint density at radius 1 is 1.36 bits per heavy atom. The summed E-state index contributed by atoms with van der Waals surface area (Å²) in [6.45, 7) is -1.28. The van der Waals surface area contributed by atoms with Crippen LogP contribution in [0.5, 0.6) is 0 Å². The molecule has 0 bridgehead atoms. The van der Waals surface area contributed by atoms with Gasteiger partial charge in [0.1, 0.15) is 0 Å². The van der Waals surface area contributed by atoms with E-state index in [1.54, 1.807) is 6.07 Å². The molecule has 0 radical (unpaired) electrons. The number of hydrogen-bond acceptors (Lipinski definition) is 6. The van der Waals surface area contributed by atoms with Crippen molar-refractivity contribution >= 4 is 27.3 Å². The summed E-state index contributed by atoms with van der Waals surface area (Å²) in [5, 5.41) is 12.5. The second-order valence-corrected chi connectivity index (χ2v) is 6.98. The molecular formula is C12H13BrF3N3O2S. The van der Waals surface area contributed by atoms with Gasteiger partial charge >= 0.3 is 6.18 Å². The lowest BCUT2D eigenvalue weighted by Gasteiger charge is -2.21. The third-order valence-corrected chi connectivity index (χ3v) is 4.28. The zero-order valence-electron chi connectivity index (χ0n) is 11.3. The van der Waals surface area contributed by atoms with E-state index in [4.69, 9.17) is 9.63 Å². The maximum atomic E-state index is 12.5. The average molecular weight is 400 g/mol. The van der Waals surface area contributed by atoms with Crippen LogP contribution in [0.15, 0.2) is 20.4 Å². The molecule has 5 nitrogen and oxygen atoms in total. The van der Waals surface area contributed by atoms with Gasteiger partial charge in [-0.2, -0.15) is 18.2 Å². The molecule has 0 spiro atoms. The van der Waals surface area contributed by atoms with E-state index in [0.29, 0.717) is 5.82 Å². The first-order valence-electron chi connectivity index (χ1n) is 6.35. The van der Waals surface area contributed by atoms with Gasteiger partial charge in [-0.25, -0.2) is 0 Å². The van der Waals surface area contributed by atoms with Gasteiger partial charge in [-0.05, 0) is 34.5 Å². The zero-order chi connectivity index (χ0) is 16.2. The largest absolute Gasteiger partial charge is 0.401 e. The van der Waals surface area contributed by atoms with Crippen LogP contribution in [0.25, 0.3) is 10.7 Å². The van der Waals surface area contributed by atoms with Crippen LogP contribution < -0.4 is 0 Å². The molecule has 0 saturated heterocycles. The van der Waals surface area contributed by atoms with Crippen molar-refractivity contribution in [3.63, 3.8) is 0 Å². The minimum Gasteiger partial charge on any atom is -0.396 e. The highest BCUT2D eigenvalue weighted by Gasteiger charge is 2.31. The lowest BCUT2D eigenvalue weighted by Crippen LogP contribution is -2.35. The van der Waals surface area contributed by atoms with E-state index in [9.17, 15) is 13.2 Å². The maximum absolute atomic E-state index is 12.5. The Hall–Kier alpha value is -0.970. The molecule has 22 heavy (non-hydrogen) atoms. The summed E-state index contributed by atoms with van der Waals surface area (Å²) in [5.74, 6) is 0.460. The third kappa shape index (κ3) is 5.34. The standard InChI is InChI=1S/C12H13BrF3N3O2S/c13-9-3-2-8(22-9)11-17-10(21-18-11)6-19(4-1-5-20)7-12(14,15)16/h2-3,20H,1,4-7H2. The molecule has 0 atom stereocenters. The Labute approximate surface area is 136 Å². The molecule has 0 aliphatic carbocycles. The molecule has 1 N–H and O–H groups in total. The highest BCUT2D eigenvalue weighted by Crippen LogP contribution is 2.29. The summed E-state index contributed by atoms with van der Waals surface area (Å²) >= 11 is 4.72. The van der Waals surface area contributed by atoms with Gasteiger partial charge in [0.15, 0.2) is 0 Å². The molecule has 2 rings (SSSR count). The summed E-state index contributed by atoms with van der Waals surface area (Å²) in [6, 6.07) is 3.62. The van der Waals surface area contributed by atoms with E-state index >= 15 is 0 Å². The van der Waals surface area contributed by atoms with Gasteiger partial charge in [0.2, 0.25) is 11.7 Å². The van der Waals surface area contributed by atoms with E-state index in [-0.39, 0.29) is 32.0 Å². The third-order valence-electron chi connectivity index (χ3n) is 2.66. The van der Waals surface area contributed by atoms with Crippen LogP contribution in [0.4, 0.5) is 13.2 Å². The number of hydrogen-bond donors (Lipinski definition) is 1. The van der Waals surface area contributed by atoms with Crippen LogP contribution in [0.3, 0.4) is 0 Å². The molecule has 0 aliphatic heterocycles. The van der Waals surface area contributed by atoms with Crippen molar-refractivity contribution in [1.82, 2.24) is 15.0 Å². The van der Waals surface area contributed by atoms with E-state index in [2.05, 4.69) is 26.1 Å². The van der Waals surface area contributed by atoms with Crippen molar-refractivity contribution in [3.8, 4) is 10.7 Å². The molecule has 2 aromatic rings. The van der Waals surface area contributed by atoms with Crippen LogP contribution in [0.2, 0.25) is 0 Å². The van der Waals surface area contributed by atoms with Gasteiger partial charge in [-0.3, -0.25) is 4.90 Å². The summed E-state index contributed by atoms with van der Waals surface area (Å²) < 4.78 is 43.5. The van der Waals surface area contributed by atoms with Crippen molar-refractivity contribution in [1.29, 1.82) is 0 Å². The Morgan fingerprint density at radius 2 is 2.14 bits per heavy atom. The Bertz CT molecular complexity index is 602. The minimum atomic E-state index is -4.32. The van der Waals surface area contributed by atoms with E-state index in [1.165, 1.54) is 11.3 Å². The highest BCUT2D eigenvalue weighted by molar-refractivity contribution is 9.11. The van der Waals surface area contributed by atoms with Crippen molar-refractivity contribution < 1.29 is 22.8 Å². The van der Waals surface area contributed by atoms with Gasteiger partial charge < -0.3 is 9.63 Å². The smallest absolute Gasteiger partial charge is 0.396 e. The van der Waals surface area contributed by atoms with E-state index in [1.807, 2.05) is 6.07 Å². The molecule has 10 heteroatoms. The predicted molar refractivity (Wildman–Crippen MR) is 78.3 cm³/mol. The van der Waals surface area contributed by atoms with Gasteiger partial charge in [0, 0.05) is 13.2 Å². The van der Waals surface area contributed by atoms with Crippen LogP contribution in [-0.2, 0) is 6.54 Å². The second-order valence-electron chi connectivity index (χ2n) is 4.52. The van der Waals surface area contributed by atoms with E-state index < -0.39 is 12.7 Å². The van der Waals surface area contributed by atoms with Crippen molar-refractivity contribution in [2.45, 2.75) is 19.1 Å². The molecule has 0 aromatic carbocycles. The second kappa shape index (κ2) is 7.53. The van der Waals surface area contributed by atoms with Gasteiger partial charge in [0.05, 0.1) is 21.8 Å². The summed E-state index contributed by atoms with van der Waals surface area (Å²) in [5.41, 5.74) is 0. The lowest BCUT2D eigenvalue weighted by atomic mass is 10.3. The molecule has 0 fully saturated rings. The van der Waals surface area contributed by atoms with Crippen molar-refractivity contribution in [2.24, 2.45) is 0 Å². The summed E-state index contributed by atoms with van der Waals surface area (Å²) in [6.07, 6.45) is -4.08. The fourth-order valence-electron chi connectivity index (χ4n) is 1.81. The average Bonchev–Trinajstić information content (AvgIpc) is 3.03. The van der Waals surface area contributed by atoms with Gasteiger partial charge in [-0.1, -0.05) is 5.16 Å². The minimum absolute atomic E-state index is 0.0955. The SMILES string of the molecule is OCCCN(Cc1nc(-c2ccc(Br)s2)no1)CC(F)(F)F. The normalized spacial score (nSPS) is 12.3. The monoisotopic (exact) mass is 399 g/mol. The quantitative estimate of drug-likeness (QED) is 0.773. The molecule has 0 saturated carbocycles. The van der Waals surface area contributed by atoms with Crippen molar-refractivity contribution in [2.75, 3.05) is 19.7 Å². The first kappa shape index (κ1) is 17.4. The number of thiophene rings is 1. The number of aliphatic hydroxyl groups is 1. The predicted octanol–water partition coefficient (Wildman–Crippen LogP) is 3.31. The van der Waals surface area contributed by atoms with Crippen LogP contribution in [0, 0.1) is 0 Å². The zero-order valence-corrected chi connectivity index (χ0v) is 13.7. The highest BCUT2D eigenvalue weighted by atomic mass is 79.9. The van der Waals surface area contributed by atoms with E-state index in [0.717, 1.165) is 13.6 Å². The van der Waals surface area contributed by atoms with Gasteiger partial charge in [0.25, 0.3) is 0 Å². The van der Waals surface area contributed by atoms with Crippen LogP contribution >= 0.6 is 27.3 Å². The Balaban J connectivity index is 2.04. The number of alkyl halides is 3.